The lowest BCUT2D eigenvalue weighted by molar-refractivity contribution is 0.00708. The summed E-state index contributed by atoms with van der Waals surface area (Å²) < 4.78 is 34.1. The summed E-state index contributed by atoms with van der Waals surface area (Å²) in [6, 6.07) is 14.2. The summed E-state index contributed by atoms with van der Waals surface area (Å²) in [5.41, 5.74) is 3.39. The third-order valence-electron chi connectivity index (χ3n) is 4.74. The largest absolute Gasteiger partial charge is 0.487 e. The van der Waals surface area contributed by atoms with Crippen molar-refractivity contribution >= 4 is 6.08 Å². The van der Waals surface area contributed by atoms with Gasteiger partial charge in [-0.2, -0.15) is 0 Å². The maximum absolute atomic E-state index is 5.92. The summed E-state index contributed by atoms with van der Waals surface area (Å²) in [7, 11) is 0. The molecule has 6 heteroatoms. The highest BCUT2D eigenvalue weighted by Crippen LogP contribution is 2.29. The third kappa shape index (κ3) is 8.71. The average molecular weight is 429 g/mol. The van der Waals surface area contributed by atoms with E-state index in [1.54, 1.807) is 0 Å². The lowest BCUT2D eigenvalue weighted by Crippen LogP contribution is -2.13. The molecule has 0 fully saturated rings. The SMILES string of the molecule is C=Cc1ccc(COCCc2ccc3c(c2)OCCOCCOCCOCCO3)cc1. The van der Waals surface area contributed by atoms with Crippen LogP contribution in [0.2, 0.25) is 0 Å². The number of rotatable bonds is 6. The van der Waals surface area contributed by atoms with Crippen LogP contribution in [0.25, 0.3) is 6.08 Å². The van der Waals surface area contributed by atoms with Gasteiger partial charge in [-0.05, 0) is 35.2 Å². The summed E-state index contributed by atoms with van der Waals surface area (Å²) in [6.45, 7) is 9.09. The second-order valence-corrected chi connectivity index (χ2v) is 7.06. The Bertz CT molecular complexity index is 774. The normalized spacial score (nSPS) is 16.1. The van der Waals surface area contributed by atoms with Crippen LogP contribution in [0.5, 0.6) is 11.5 Å². The van der Waals surface area contributed by atoms with Gasteiger partial charge in [0.05, 0.1) is 52.9 Å². The van der Waals surface area contributed by atoms with Crippen molar-refractivity contribution < 1.29 is 28.4 Å². The second-order valence-electron chi connectivity index (χ2n) is 7.06. The maximum Gasteiger partial charge on any atom is 0.161 e. The van der Waals surface area contributed by atoms with Gasteiger partial charge in [0.15, 0.2) is 11.5 Å². The van der Waals surface area contributed by atoms with Crippen molar-refractivity contribution in [2.75, 3.05) is 59.5 Å². The first-order valence-corrected chi connectivity index (χ1v) is 10.8. The van der Waals surface area contributed by atoms with E-state index in [1.165, 1.54) is 0 Å². The third-order valence-corrected chi connectivity index (χ3v) is 4.74. The van der Waals surface area contributed by atoms with Gasteiger partial charge in [0, 0.05) is 0 Å². The molecule has 0 unspecified atom stereocenters. The Morgan fingerprint density at radius 2 is 1.29 bits per heavy atom. The summed E-state index contributed by atoms with van der Waals surface area (Å²) in [5, 5.41) is 0. The van der Waals surface area contributed by atoms with Crippen LogP contribution in [-0.2, 0) is 32.0 Å². The van der Waals surface area contributed by atoms with Crippen LogP contribution in [0.3, 0.4) is 0 Å². The van der Waals surface area contributed by atoms with Gasteiger partial charge >= 0.3 is 0 Å². The topological polar surface area (TPSA) is 55.4 Å². The highest BCUT2D eigenvalue weighted by atomic mass is 16.6. The summed E-state index contributed by atoms with van der Waals surface area (Å²) in [4.78, 5) is 0. The first kappa shape index (κ1) is 23.3. The molecule has 0 saturated heterocycles. The standard InChI is InChI=1S/C25H32O6/c1-2-21-3-5-23(6-4-21)20-29-10-9-22-7-8-24-25(19-22)31-18-16-28-14-12-26-11-13-27-15-17-30-24/h2-8,19H,1,9-18,20H2. The molecule has 31 heavy (non-hydrogen) atoms. The van der Waals surface area contributed by atoms with Gasteiger partial charge in [0.25, 0.3) is 0 Å². The zero-order valence-electron chi connectivity index (χ0n) is 18.1. The molecule has 1 aliphatic heterocycles. The lowest BCUT2D eigenvalue weighted by atomic mass is 10.1. The fourth-order valence-corrected chi connectivity index (χ4v) is 3.03. The molecule has 0 atom stereocenters. The van der Waals surface area contributed by atoms with Crippen molar-refractivity contribution in [2.24, 2.45) is 0 Å². The van der Waals surface area contributed by atoms with Crippen molar-refractivity contribution in [3.05, 3.63) is 65.7 Å². The van der Waals surface area contributed by atoms with Crippen LogP contribution >= 0.6 is 0 Å². The van der Waals surface area contributed by atoms with E-state index in [0.717, 1.165) is 23.1 Å². The van der Waals surface area contributed by atoms with E-state index in [-0.39, 0.29) is 0 Å². The predicted octanol–water partition coefficient (Wildman–Crippen LogP) is 3.91. The summed E-state index contributed by atoms with van der Waals surface area (Å²) in [5.74, 6) is 1.42. The van der Waals surface area contributed by atoms with E-state index in [9.17, 15) is 0 Å². The van der Waals surface area contributed by atoms with E-state index in [2.05, 4.69) is 18.7 Å². The molecular weight excluding hydrogens is 396 g/mol. The first-order valence-electron chi connectivity index (χ1n) is 10.8. The minimum Gasteiger partial charge on any atom is -0.487 e. The van der Waals surface area contributed by atoms with Crippen molar-refractivity contribution in [1.29, 1.82) is 0 Å². The molecule has 6 nitrogen and oxygen atoms in total. The summed E-state index contributed by atoms with van der Waals surface area (Å²) >= 11 is 0. The fraction of sp³-hybridized carbons (Fsp3) is 0.440. The Balaban J connectivity index is 1.50. The molecule has 3 rings (SSSR count). The monoisotopic (exact) mass is 428 g/mol. The number of ether oxygens (including phenoxy) is 6. The Morgan fingerprint density at radius 3 is 1.94 bits per heavy atom. The first-order chi connectivity index (χ1) is 15.3. The highest BCUT2D eigenvalue weighted by molar-refractivity contribution is 5.47. The number of hydrogen-bond donors (Lipinski definition) is 0. The smallest absolute Gasteiger partial charge is 0.161 e. The molecule has 1 aliphatic rings. The van der Waals surface area contributed by atoms with Crippen LogP contribution in [0.4, 0.5) is 0 Å². The number of benzene rings is 2. The van der Waals surface area contributed by atoms with Gasteiger partial charge in [-0.25, -0.2) is 0 Å². The van der Waals surface area contributed by atoms with Gasteiger partial charge in [0.2, 0.25) is 0 Å². The summed E-state index contributed by atoms with van der Waals surface area (Å²) in [6.07, 6.45) is 2.62. The van der Waals surface area contributed by atoms with Crippen molar-refractivity contribution in [3.8, 4) is 11.5 Å². The average Bonchev–Trinajstić information content (AvgIpc) is 2.81. The molecule has 0 N–H and O–H groups in total. The number of fused-ring (bicyclic) bond motifs is 1. The molecule has 0 bridgehead atoms. The van der Waals surface area contributed by atoms with Gasteiger partial charge < -0.3 is 28.4 Å². The zero-order chi connectivity index (χ0) is 21.6. The van der Waals surface area contributed by atoms with E-state index in [0.29, 0.717) is 77.6 Å². The van der Waals surface area contributed by atoms with E-state index in [1.807, 2.05) is 36.4 Å². The van der Waals surface area contributed by atoms with E-state index < -0.39 is 0 Å². The Kier molecular flexibility index (Phi) is 10.4. The van der Waals surface area contributed by atoms with Crippen molar-refractivity contribution in [3.63, 3.8) is 0 Å². The number of hydrogen-bond acceptors (Lipinski definition) is 6. The molecule has 0 radical (unpaired) electrons. The fourth-order valence-electron chi connectivity index (χ4n) is 3.03. The minimum atomic E-state index is 0.452. The lowest BCUT2D eigenvalue weighted by Gasteiger charge is -2.14. The quantitative estimate of drug-likeness (QED) is 0.651. The van der Waals surface area contributed by atoms with Gasteiger partial charge in [-0.3, -0.25) is 0 Å². The van der Waals surface area contributed by atoms with Gasteiger partial charge in [0.1, 0.15) is 13.2 Å². The van der Waals surface area contributed by atoms with Crippen LogP contribution in [0.15, 0.2) is 49.0 Å². The Morgan fingerprint density at radius 1 is 0.710 bits per heavy atom. The molecule has 168 valence electrons. The Hall–Kier alpha value is -2.38. The molecule has 0 saturated carbocycles. The molecule has 0 aliphatic carbocycles. The molecular formula is C25H32O6. The van der Waals surface area contributed by atoms with E-state index >= 15 is 0 Å². The highest BCUT2D eigenvalue weighted by Gasteiger charge is 2.08. The minimum absolute atomic E-state index is 0.452. The van der Waals surface area contributed by atoms with Crippen molar-refractivity contribution in [2.45, 2.75) is 13.0 Å². The Labute approximate surface area is 184 Å². The molecule has 2 aromatic carbocycles. The molecule has 0 spiro atoms. The predicted molar refractivity (Wildman–Crippen MR) is 120 cm³/mol. The van der Waals surface area contributed by atoms with Crippen LogP contribution in [-0.4, -0.2) is 59.5 Å². The van der Waals surface area contributed by atoms with Crippen LogP contribution in [0.1, 0.15) is 16.7 Å². The van der Waals surface area contributed by atoms with Crippen molar-refractivity contribution in [1.82, 2.24) is 0 Å². The molecule has 1 heterocycles. The van der Waals surface area contributed by atoms with E-state index in [4.69, 9.17) is 28.4 Å². The zero-order valence-corrected chi connectivity index (χ0v) is 18.1. The molecule has 2 aromatic rings. The van der Waals surface area contributed by atoms with Crippen LogP contribution < -0.4 is 9.47 Å². The molecule has 0 aromatic heterocycles. The van der Waals surface area contributed by atoms with Gasteiger partial charge in [-0.15, -0.1) is 0 Å². The molecule has 0 amide bonds. The van der Waals surface area contributed by atoms with Gasteiger partial charge in [-0.1, -0.05) is 43.0 Å². The van der Waals surface area contributed by atoms with Crippen LogP contribution in [0, 0.1) is 0 Å². The second kappa shape index (κ2) is 13.8. The maximum atomic E-state index is 5.92.